The van der Waals surface area contributed by atoms with E-state index in [4.69, 9.17) is 10.5 Å². The van der Waals surface area contributed by atoms with Crippen LogP contribution in [0.25, 0.3) is 22.0 Å². The molecule has 2 N–H and O–H groups in total. The lowest BCUT2D eigenvalue weighted by Gasteiger charge is -2.13. The predicted molar refractivity (Wildman–Crippen MR) is 85.4 cm³/mol. The van der Waals surface area contributed by atoms with Gasteiger partial charge in [0.15, 0.2) is 5.69 Å². The topological polar surface area (TPSA) is 84.8 Å². The summed E-state index contributed by atoms with van der Waals surface area (Å²) in [6.45, 7) is 1.99. The molecule has 3 rings (SSSR count). The zero-order valence-corrected chi connectivity index (χ0v) is 12.3. The van der Waals surface area contributed by atoms with Crippen LogP contribution < -0.4 is 10.5 Å². The van der Waals surface area contributed by atoms with Crippen LogP contribution in [-0.2, 0) is 0 Å². The minimum atomic E-state index is 0.263. The average Bonchev–Trinajstić information content (AvgIpc) is 2.54. The molecule has 0 aliphatic heterocycles. The van der Waals surface area contributed by atoms with Crippen LogP contribution in [0, 0.1) is 18.3 Å². The number of hydrogen-bond donors (Lipinski definition) is 1. The molecule has 0 saturated heterocycles. The lowest BCUT2D eigenvalue weighted by Crippen LogP contribution is -2.00. The van der Waals surface area contributed by atoms with E-state index in [-0.39, 0.29) is 5.69 Å². The van der Waals surface area contributed by atoms with E-state index in [0.717, 1.165) is 16.5 Å². The van der Waals surface area contributed by atoms with Crippen molar-refractivity contribution in [3.8, 4) is 22.9 Å². The van der Waals surface area contributed by atoms with Gasteiger partial charge in [-0.3, -0.25) is 0 Å². The van der Waals surface area contributed by atoms with Crippen molar-refractivity contribution in [1.29, 1.82) is 5.26 Å². The number of ether oxygens (including phenoxy) is 1. The number of nitrogens with two attached hydrogens (primary N) is 1. The maximum Gasteiger partial charge on any atom is 0.171 e. The van der Waals surface area contributed by atoms with Crippen LogP contribution in [0.4, 0.5) is 5.69 Å². The highest BCUT2D eigenvalue weighted by atomic mass is 16.5. The van der Waals surface area contributed by atoms with Crippen LogP contribution in [0.1, 0.15) is 11.3 Å². The Kier molecular flexibility index (Phi) is 3.36. The van der Waals surface area contributed by atoms with Gasteiger partial charge in [0.25, 0.3) is 0 Å². The molecule has 0 saturated carbocycles. The largest absolute Gasteiger partial charge is 0.497 e. The standard InChI is InChI=1S/C17H14N4O/c1-10-5-3-4-6-12(10)16-15(9-18)21-20-14-8-11(22-2)7-13(19)17(14)16/h3-8H,19H2,1-2H3. The number of hydrogen-bond acceptors (Lipinski definition) is 5. The molecular formula is C17H14N4O. The number of aryl methyl sites for hydroxylation is 1. The number of fused-ring (bicyclic) bond motifs is 1. The lowest BCUT2D eigenvalue weighted by molar-refractivity contribution is 0.415. The molecule has 2 aromatic carbocycles. The monoisotopic (exact) mass is 290 g/mol. The van der Waals surface area contributed by atoms with Crippen LogP contribution >= 0.6 is 0 Å². The molecule has 5 heteroatoms. The molecule has 0 atom stereocenters. The van der Waals surface area contributed by atoms with Crippen molar-refractivity contribution < 1.29 is 4.74 Å². The number of anilines is 1. The highest BCUT2D eigenvalue weighted by molar-refractivity contribution is 6.04. The Bertz CT molecular complexity index is 912. The Morgan fingerprint density at radius 1 is 1.18 bits per heavy atom. The molecule has 0 fully saturated rings. The van der Waals surface area contributed by atoms with Gasteiger partial charge in [-0.25, -0.2) is 0 Å². The van der Waals surface area contributed by atoms with Crippen molar-refractivity contribution in [2.75, 3.05) is 12.8 Å². The van der Waals surface area contributed by atoms with E-state index < -0.39 is 0 Å². The maximum atomic E-state index is 9.40. The van der Waals surface area contributed by atoms with Crippen molar-refractivity contribution >= 4 is 16.6 Å². The minimum Gasteiger partial charge on any atom is -0.497 e. The van der Waals surface area contributed by atoms with Crippen molar-refractivity contribution in [2.45, 2.75) is 6.92 Å². The first-order chi connectivity index (χ1) is 10.7. The van der Waals surface area contributed by atoms with Crippen molar-refractivity contribution in [3.63, 3.8) is 0 Å². The second-order valence-corrected chi connectivity index (χ2v) is 4.96. The van der Waals surface area contributed by atoms with Gasteiger partial charge >= 0.3 is 0 Å². The molecule has 0 spiro atoms. The van der Waals surface area contributed by atoms with Gasteiger partial charge in [0.2, 0.25) is 0 Å². The summed E-state index contributed by atoms with van der Waals surface area (Å²) >= 11 is 0. The van der Waals surface area contributed by atoms with Gasteiger partial charge in [-0.2, -0.15) is 5.26 Å². The normalized spacial score (nSPS) is 10.4. The molecule has 0 unspecified atom stereocenters. The van der Waals surface area contributed by atoms with Gasteiger partial charge < -0.3 is 10.5 Å². The number of aromatic nitrogens is 2. The third-order valence-corrected chi connectivity index (χ3v) is 3.62. The van der Waals surface area contributed by atoms with E-state index in [0.29, 0.717) is 22.5 Å². The van der Waals surface area contributed by atoms with Crippen molar-refractivity contribution in [1.82, 2.24) is 10.2 Å². The number of methoxy groups -OCH3 is 1. The summed E-state index contributed by atoms with van der Waals surface area (Å²) in [5, 5.41) is 18.3. The van der Waals surface area contributed by atoms with Gasteiger partial charge in [0.1, 0.15) is 11.8 Å². The Morgan fingerprint density at radius 2 is 1.95 bits per heavy atom. The molecule has 1 heterocycles. The fourth-order valence-electron chi connectivity index (χ4n) is 2.56. The maximum absolute atomic E-state index is 9.40. The van der Waals surface area contributed by atoms with E-state index in [1.807, 2.05) is 31.2 Å². The van der Waals surface area contributed by atoms with E-state index in [1.54, 1.807) is 19.2 Å². The Hall–Kier alpha value is -3.13. The number of nitriles is 1. The van der Waals surface area contributed by atoms with E-state index >= 15 is 0 Å². The first-order valence-corrected chi connectivity index (χ1v) is 6.75. The molecule has 3 aromatic rings. The number of nitrogen functional groups attached to an aromatic ring is 1. The second-order valence-electron chi connectivity index (χ2n) is 4.96. The van der Waals surface area contributed by atoms with Crippen molar-refractivity contribution in [3.05, 3.63) is 47.7 Å². The summed E-state index contributed by atoms with van der Waals surface area (Å²) in [7, 11) is 1.57. The van der Waals surface area contributed by atoms with Gasteiger partial charge in [0.05, 0.1) is 12.6 Å². The Labute approximate surface area is 128 Å². The second kappa shape index (κ2) is 5.34. The molecule has 22 heavy (non-hydrogen) atoms. The molecule has 0 amide bonds. The summed E-state index contributed by atoms with van der Waals surface area (Å²) in [4.78, 5) is 0. The van der Waals surface area contributed by atoms with Crippen LogP contribution in [0.2, 0.25) is 0 Å². The van der Waals surface area contributed by atoms with Crippen LogP contribution in [0.3, 0.4) is 0 Å². The molecule has 5 nitrogen and oxygen atoms in total. The van der Waals surface area contributed by atoms with Crippen LogP contribution in [0.15, 0.2) is 36.4 Å². The first-order valence-electron chi connectivity index (χ1n) is 6.75. The summed E-state index contributed by atoms with van der Waals surface area (Å²) in [5.74, 6) is 0.611. The number of rotatable bonds is 2. The SMILES string of the molecule is COc1cc(N)c2c(-c3ccccc3C)c(C#N)nnc2c1. The zero-order chi connectivity index (χ0) is 15.7. The van der Waals surface area contributed by atoms with E-state index in [1.165, 1.54) is 0 Å². The molecule has 0 radical (unpaired) electrons. The first kappa shape index (κ1) is 13.8. The molecule has 0 aliphatic rings. The average molecular weight is 290 g/mol. The summed E-state index contributed by atoms with van der Waals surface area (Å²) in [6.07, 6.45) is 0. The van der Waals surface area contributed by atoms with Crippen LogP contribution in [-0.4, -0.2) is 17.3 Å². The Balaban J connectivity index is 2.47. The minimum absolute atomic E-state index is 0.263. The number of nitrogens with zero attached hydrogens (tertiary/aromatic N) is 3. The van der Waals surface area contributed by atoms with Crippen molar-refractivity contribution in [2.24, 2.45) is 0 Å². The van der Waals surface area contributed by atoms with Gasteiger partial charge in [-0.1, -0.05) is 24.3 Å². The highest BCUT2D eigenvalue weighted by Crippen LogP contribution is 2.36. The molecule has 0 aliphatic carbocycles. The van der Waals surface area contributed by atoms with Gasteiger partial charge in [-0.05, 0) is 18.1 Å². The zero-order valence-electron chi connectivity index (χ0n) is 12.3. The predicted octanol–water partition coefficient (Wildman–Crippen LogP) is 3.07. The van der Waals surface area contributed by atoms with E-state index in [9.17, 15) is 5.26 Å². The fraction of sp³-hybridized carbons (Fsp3) is 0.118. The number of benzene rings is 2. The molecule has 0 bridgehead atoms. The molecule has 1 aromatic heterocycles. The Morgan fingerprint density at radius 3 is 2.64 bits per heavy atom. The van der Waals surface area contributed by atoms with Crippen LogP contribution in [0.5, 0.6) is 5.75 Å². The molecular weight excluding hydrogens is 276 g/mol. The third-order valence-electron chi connectivity index (χ3n) is 3.62. The fourth-order valence-corrected chi connectivity index (χ4v) is 2.56. The van der Waals surface area contributed by atoms with Gasteiger partial charge in [0, 0.05) is 28.8 Å². The quantitative estimate of drug-likeness (QED) is 0.733. The summed E-state index contributed by atoms with van der Waals surface area (Å²) in [5.41, 5.74) is 10.3. The highest BCUT2D eigenvalue weighted by Gasteiger charge is 2.17. The van der Waals surface area contributed by atoms with Gasteiger partial charge in [-0.15, -0.1) is 10.2 Å². The van der Waals surface area contributed by atoms with E-state index in [2.05, 4.69) is 16.3 Å². The molecule has 108 valence electrons. The summed E-state index contributed by atoms with van der Waals surface area (Å²) in [6, 6.07) is 13.4. The smallest absolute Gasteiger partial charge is 0.171 e. The third kappa shape index (κ3) is 2.11. The lowest BCUT2D eigenvalue weighted by atomic mass is 9.95. The summed E-state index contributed by atoms with van der Waals surface area (Å²) < 4.78 is 5.22.